The van der Waals surface area contributed by atoms with Crippen molar-refractivity contribution in [2.75, 3.05) is 5.75 Å². The van der Waals surface area contributed by atoms with Crippen molar-refractivity contribution >= 4 is 61.1 Å². The van der Waals surface area contributed by atoms with Gasteiger partial charge in [-0.2, -0.15) is 0 Å². The number of hydrogen-bond donors (Lipinski definition) is 3. The molecule has 0 aliphatic heterocycles. The quantitative estimate of drug-likeness (QED) is 0.333. The van der Waals surface area contributed by atoms with Gasteiger partial charge in [0.25, 0.3) is 0 Å². The van der Waals surface area contributed by atoms with Gasteiger partial charge in [0.15, 0.2) is 5.65 Å². The highest BCUT2D eigenvalue weighted by Gasteiger charge is 2.18. The number of thioether (sulfide) groups is 1. The Morgan fingerprint density at radius 1 is 1.26 bits per heavy atom. The molecule has 0 saturated carbocycles. The van der Waals surface area contributed by atoms with Gasteiger partial charge in [0.2, 0.25) is 21.1 Å². The summed E-state index contributed by atoms with van der Waals surface area (Å²) in [7, 11) is -3.63. The zero-order valence-corrected chi connectivity index (χ0v) is 19.2. The summed E-state index contributed by atoms with van der Waals surface area (Å²) in [6.07, 6.45) is 0. The smallest absolute Gasteiger partial charge is 0.240 e. The van der Waals surface area contributed by atoms with Crippen molar-refractivity contribution in [1.29, 1.82) is 0 Å². The van der Waals surface area contributed by atoms with Crippen molar-refractivity contribution in [3.63, 3.8) is 0 Å². The van der Waals surface area contributed by atoms with Crippen LogP contribution >= 0.6 is 23.1 Å². The molecule has 0 atom stereocenters. The first-order valence-electron chi connectivity index (χ1n) is 9.42. The van der Waals surface area contributed by atoms with Crippen LogP contribution in [0.25, 0.3) is 22.1 Å². The van der Waals surface area contributed by atoms with Gasteiger partial charge < -0.3 is 10.3 Å². The van der Waals surface area contributed by atoms with Crippen LogP contribution in [0.4, 0.5) is 0 Å². The fraction of sp³-hybridized carbons (Fsp3) is 0.263. The summed E-state index contributed by atoms with van der Waals surface area (Å²) < 4.78 is 27.5. The molecule has 0 spiro atoms. The number of carbonyl (C=O) groups is 1. The van der Waals surface area contributed by atoms with Crippen LogP contribution in [0.15, 0.2) is 45.8 Å². The molecule has 1 aromatic carbocycles. The van der Waals surface area contributed by atoms with E-state index >= 15 is 0 Å². The van der Waals surface area contributed by atoms with Crippen molar-refractivity contribution < 1.29 is 13.2 Å². The van der Waals surface area contributed by atoms with Crippen molar-refractivity contribution in [1.82, 2.24) is 30.2 Å². The van der Waals surface area contributed by atoms with E-state index in [1.807, 2.05) is 17.5 Å². The Bertz CT molecular complexity index is 1330. The maximum Gasteiger partial charge on any atom is 0.240 e. The molecule has 31 heavy (non-hydrogen) atoms. The Balaban J connectivity index is 1.50. The number of carbonyl (C=O) groups excluding carboxylic acids is 1. The van der Waals surface area contributed by atoms with Crippen molar-refractivity contribution in [2.24, 2.45) is 0 Å². The van der Waals surface area contributed by atoms with Gasteiger partial charge >= 0.3 is 0 Å². The normalized spacial score (nSPS) is 12.1. The number of amides is 1. The first-order valence-corrected chi connectivity index (χ1v) is 12.8. The van der Waals surface area contributed by atoms with Gasteiger partial charge in [-0.3, -0.25) is 4.79 Å². The molecule has 3 aromatic heterocycles. The lowest BCUT2D eigenvalue weighted by atomic mass is 10.2. The van der Waals surface area contributed by atoms with Gasteiger partial charge in [0, 0.05) is 21.8 Å². The Kier molecular flexibility index (Phi) is 6.23. The monoisotopic (exact) mass is 476 g/mol. The van der Waals surface area contributed by atoms with Crippen LogP contribution in [0.3, 0.4) is 0 Å². The molecule has 0 radical (unpaired) electrons. The van der Waals surface area contributed by atoms with Crippen LogP contribution in [0, 0.1) is 0 Å². The second-order valence-corrected chi connectivity index (χ2v) is 10.7. The van der Waals surface area contributed by atoms with Crippen molar-refractivity contribution in [3.8, 4) is 0 Å². The van der Waals surface area contributed by atoms with Gasteiger partial charge in [-0.25, -0.2) is 18.1 Å². The van der Waals surface area contributed by atoms with Crippen LogP contribution in [0.5, 0.6) is 0 Å². The van der Waals surface area contributed by atoms with E-state index in [0.717, 1.165) is 4.88 Å². The molecule has 9 nitrogen and oxygen atoms in total. The predicted molar refractivity (Wildman–Crippen MR) is 122 cm³/mol. The number of aromatic nitrogens is 4. The fourth-order valence-corrected chi connectivity index (χ4v) is 5.46. The Labute approximate surface area is 187 Å². The molecule has 0 aliphatic carbocycles. The van der Waals surface area contributed by atoms with E-state index in [4.69, 9.17) is 0 Å². The number of thiophene rings is 1. The third-order valence-corrected chi connectivity index (χ3v) is 7.61. The summed E-state index contributed by atoms with van der Waals surface area (Å²) in [5.74, 6) is 0.0495. The third-order valence-electron chi connectivity index (χ3n) is 4.24. The molecule has 4 rings (SSSR count). The van der Waals surface area contributed by atoms with Crippen LogP contribution in [0.2, 0.25) is 0 Å². The van der Waals surface area contributed by atoms with E-state index in [1.54, 1.807) is 37.3 Å². The van der Waals surface area contributed by atoms with Crippen molar-refractivity contribution in [3.05, 3.63) is 40.6 Å². The van der Waals surface area contributed by atoms with Crippen LogP contribution < -0.4 is 10.0 Å². The minimum Gasteiger partial charge on any atom is -0.350 e. The average Bonchev–Trinajstić information content (AvgIpc) is 3.36. The second kappa shape index (κ2) is 8.91. The van der Waals surface area contributed by atoms with Gasteiger partial charge in [-0.15, -0.1) is 21.5 Å². The number of rotatable bonds is 8. The van der Waals surface area contributed by atoms with Gasteiger partial charge in [0.05, 0.1) is 17.2 Å². The van der Waals surface area contributed by atoms with Crippen LogP contribution in [-0.2, 0) is 21.4 Å². The zero-order valence-electron chi connectivity index (χ0n) is 16.7. The molecule has 0 unspecified atom stereocenters. The van der Waals surface area contributed by atoms with E-state index in [1.165, 1.54) is 17.8 Å². The first kappa shape index (κ1) is 21.7. The van der Waals surface area contributed by atoms with E-state index in [0.29, 0.717) is 33.8 Å². The summed E-state index contributed by atoms with van der Waals surface area (Å²) in [6.45, 7) is 4.02. The standard InChI is InChI=1S/C19H20N6O3S3/c1-11(2)25-31(27,28)13-5-6-15-14(8-13)17-18(21-15)22-19(24-23-17)30-10-16(26)20-9-12-4-3-7-29-12/h3-8,11,25H,9-10H2,1-2H3,(H,20,26)(H,21,22,24). The summed E-state index contributed by atoms with van der Waals surface area (Å²) in [5.41, 5.74) is 1.66. The van der Waals surface area contributed by atoms with E-state index in [2.05, 4.69) is 30.2 Å². The lowest BCUT2D eigenvalue weighted by Crippen LogP contribution is -2.30. The second-order valence-electron chi connectivity index (χ2n) is 7.04. The highest BCUT2D eigenvalue weighted by Crippen LogP contribution is 2.26. The van der Waals surface area contributed by atoms with Crippen LogP contribution in [-0.4, -0.2) is 46.3 Å². The van der Waals surface area contributed by atoms with E-state index in [-0.39, 0.29) is 22.6 Å². The van der Waals surface area contributed by atoms with Gasteiger partial charge in [0.1, 0.15) is 5.52 Å². The van der Waals surface area contributed by atoms with E-state index in [9.17, 15) is 13.2 Å². The molecule has 3 N–H and O–H groups in total. The highest BCUT2D eigenvalue weighted by molar-refractivity contribution is 7.99. The maximum absolute atomic E-state index is 12.5. The Hall–Kier alpha value is -2.54. The first-order chi connectivity index (χ1) is 14.8. The van der Waals surface area contributed by atoms with Gasteiger partial charge in [-0.05, 0) is 43.5 Å². The lowest BCUT2D eigenvalue weighted by molar-refractivity contribution is -0.118. The Morgan fingerprint density at radius 3 is 2.84 bits per heavy atom. The number of hydrogen-bond acceptors (Lipinski definition) is 8. The minimum absolute atomic E-state index is 0.119. The molecule has 162 valence electrons. The summed E-state index contributed by atoms with van der Waals surface area (Å²) in [6, 6.07) is 8.45. The summed E-state index contributed by atoms with van der Waals surface area (Å²) in [4.78, 5) is 20.8. The number of benzene rings is 1. The molecule has 0 bridgehead atoms. The number of nitrogens with zero attached hydrogens (tertiary/aromatic N) is 3. The van der Waals surface area contributed by atoms with E-state index < -0.39 is 10.0 Å². The summed E-state index contributed by atoms with van der Waals surface area (Å²) in [5, 5.41) is 14.1. The van der Waals surface area contributed by atoms with Crippen LogP contribution in [0.1, 0.15) is 18.7 Å². The SMILES string of the molecule is CC(C)NS(=O)(=O)c1ccc2[nH]c3nc(SCC(=O)NCc4cccs4)nnc3c2c1. The number of nitrogens with one attached hydrogen (secondary N) is 3. The number of sulfonamides is 1. The zero-order chi connectivity index (χ0) is 22.0. The number of fused-ring (bicyclic) bond motifs is 3. The minimum atomic E-state index is -3.63. The predicted octanol–water partition coefficient (Wildman–Crippen LogP) is 2.66. The highest BCUT2D eigenvalue weighted by atomic mass is 32.2. The molecule has 3 heterocycles. The number of H-pyrrole nitrogens is 1. The molecule has 1 amide bonds. The van der Waals surface area contributed by atoms with Gasteiger partial charge in [-0.1, -0.05) is 17.8 Å². The average molecular weight is 477 g/mol. The molecule has 12 heteroatoms. The molecule has 0 aliphatic rings. The Morgan fingerprint density at radius 2 is 2.10 bits per heavy atom. The third kappa shape index (κ3) is 5.03. The summed E-state index contributed by atoms with van der Waals surface area (Å²) >= 11 is 2.77. The number of aromatic amines is 1. The molecule has 0 fully saturated rings. The molecular weight excluding hydrogens is 456 g/mol. The molecule has 0 saturated heterocycles. The molecular formula is C19H20N6O3S3. The molecule has 4 aromatic rings. The topological polar surface area (TPSA) is 130 Å². The fourth-order valence-electron chi connectivity index (χ4n) is 2.92. The van der Waals surface area contributed by atoms with Crippen molar-refractivity contribution in [2.45, 2.75) is 36.5 Å². The maximum atomic E-state index is 12.5. The largest absolute Gasteiger partial charge is 0.350 e. The lowest BCUT2D eigenvalue weighted by Gasteiger charge is -2.09.